The Balaban J connectivity index is 2.04. The number of rotatable bonds is 5. The van der Waals surface area contributed by atoms with E-state index in [0.717, 1.165) is 17.0 Å². The minimum absolute atomic E-state index is 0.213. The lowest BCUT2D eigenvalue weighted by atomic mass is 10.2. The molecule has 1 aromatic carbocycles. The van der Waals surface area contributed by atoms with Gasteiger partial charge in [-0.3, -0.25) is 13.9 Å². The second-order valence-electron chi connectivity index (χ2n) is 8.15. The van der Waals surface area contributed by atoms with Crippen LogP contribution in [0, 0.1) is 19.8 Å². The number of aryl methyl sites for hydroxylation is 3. The number of fused-ring (bicyclic) bond motifs is 1. The van der Waals surface area contributed by atoms with Crippen LogP contribution in [-0.4, -0.2) is 28.5 Å². The molecule has 0 spiro atoms. The molecule has 30 heavy (non-hydrogen) atoms. The molecule has 4 aromatic rings. The smallest absolute Gasteiger partial charge is 0.302 e. The van der Waals surface area contributed by atoms with Crippen LogP contribution in [0.25, 0.3) is 17.1 Å². The van der Waals surface area contributed by atoms with Crippen LogP contribution in [0.5, 0.6) is 0 Å². The highest BCUT2D eigenvalue weighted by atomic mass is 16.2. The van der Waals surface area contributed by atoms with Crippen molar-refractivity contribution in [1.82, 2.24) is 28.5 Å². The summed E-state index contributed by atoms with van der Waals surface area (Å²) >= 11 is 0. The van der Waals surface area contributed by atoms with E-state index in [1.54, 1.807) is 11.7 Å². The summed E-state index contributed by atoms with van der Waals surface area (Å²) in [4.78, 5) is 31.2. The standard InChI is InChI=1S/C22H26N6O2/c1-14(2)12-26-18-19(23-21(26)28-16(4)11-15(3)24-28)25(5)22(30)27(20(18)29)13-17-9-7-6-8-10-17/h6-11,14H,12-13H2,1-5H3. The molecule has 0 aliphatic rings. The zero-order chi connectivity index (χ0) is 21.6. The molecule has 4 rings (SSSR count). The van der Waals surface area contributed by atoms with Crippen molar-refractivity contribution in [2.24, 2.45) is 13.0 Å². The first kappa shape index (κ1) is 19.9. The number of hydrogen-bond donors (Lipinski definition) is 0. The first-order chi connectivity index (χ1) is 14.3. The normalized spacial score (nSPS) is 11.7. The van der Waals surface area contributed by atoms with Gasteiger partial charge in [-0.25, -0.2) is 9.48 Å². The SMILES string of the molecule is Cc1cc(C)n(-c2nc3c(c(=O)n(Cc4ccccc4)c(=O)n3C)n2CC(C)C)n1. The first-order valence-electron chi connectivity index (χ1n) is 10.1. The lowest BCUT2D eigenvalue weighted by Crippen LogP contribution is -2.40. The molecule has 0 aliphatic heterocycles. The van der Waals surface area contributed by atoms with Crippen LogP contribution in [-0.2, 0) is 20.1 Å². The lowest BCUT2D eigenvalue weighted by molar-refractivity contribution is 0.516. The summed E-state index contributed by atoms with van der Waals surface area (Å²) in [6.45, 7) is 8.84. The van der Waals surface area contributed by atoms with Crippen molar-refractivity contribution in [2.75, 3.05) is 0 Å². The van der Waals surface area contributed by atoms with E-state index < -0.39 is 0 Å². The summed E-state index contributed by atoms with van der Waals surface area (Å²) in [5.41, 5.74) is 2.75. The second-order valence-corrected chi connectivity index (χ2v) is 8.15. The third-order valence-corrected chi connectivity index (χ3v) is 5.14. The van der Waals surface area contributed by atoms with Crippen molar-refractivity contribution in [3.8, 4) is 5.95 Å². The molecule has 0 atom stereocenters. The third-order valence-electron chi connectivity index (χ3n) is 5.14. The molecule has 8 heteroatoms. The number of aromatic nitrogens is 6. The molecule has 0 radical (unpaired) electrons. The lowest BCUT2D eigenvalue weighted by Gasteiger charge is -2.13. The van der Waals surface area contributed by atoms with Crippen molar-refractivity contribution in [1.29, 1.82) is 0 Å². The Morgan fingerprint density at radius 1 is 1.03 bits per heavy atom. The summed E-state index contributed by atoms with van der Waals surface area (Å²) in [5.74, 6) is 0.825. The van der Waals surface area contributed by atoms with E-state index in [1.165, 1.54) is 9.13 Å². The Bertz CT molecular complexity index is 1340. The van der Waals surface area contributed by atoms with Gasteiger partial charge in [-0.1, -0.05) is 44.2 Å². The fourth-order valence-electron chi connectivity index (χ4n) is 3.80. The molecule has 0 bridgehead atoms. The molecular weight excluding hydrogens is 380 g/mol. The number of imidazole rings is 1. The first-order valence-corrected chi connectivity index (χ1v) is 10.1. The van der Waals surface area contributed by atoms with Gasteiger partial charge in [-0.2, -0.15) is 10.1 Å². The molecule has 8 nitrogen and oxygen atoms in total. The molecular formula is C22H26N6O2. The maximum Gasteiger partial charge on any atom is 0.332 e. The van der Waals surface area contributed by atoms with Crippen LogP contribution < -0.4 is 11.2 Å². The number of benzene rings is 1. The molecule has 156 valence electrons. The molecule has 0 saturated heterocycles. The quantitative estimate of drug-likeness (QED) is 0.510. The zero-order valence-corrected chi connectivity index (χ0v) is 18.0. The van der Waals surface area contributed by atoms with Crippen molar-refractivity contribution >= 4 is 11.2 Å². The molecule has 0 saturated carbocycles. The molecule has 0 amide bonds. The van der Waals surface area contributed by atoms with Gasteiger partial charge in [-0.05, 0) is 31.4 Å². The summed E-state index contributed by atoms with van der Waals surface area (Å²) < 4.78 is 6.36. The highest BCUT2D eigenvalue weighted by Gasteiger charge is 2.23. The van der Waals surface area contributed by atoms with Crippen LogP contribution in [0.3, 0.4) is 0 Å². The Morgan fingerprint density at radius 2 is 1.73 bits per heavy atom. The Morgan fingerprint density at radius 3 is 2.33 bits per heavy atom. The second kappa shape index (κ2) is 7.44. The van der Waals surface area contributed by atoms with Gasteiger partial charge in [0, 0.05) is 19.3 Å². The predicted molar refractivity (Wildman–Crippen MR) is 116 cm³/mol. The zero-order valence-electron chi connectivity index (χ0n) is 18.0. The topological polar surface area (TPSA) is 79.6 Å². The van der Waals surface area contributed by atoms with E-state index >= 15 is 0 Å². The van der Waals surface area contributed by atoms with Crippen LogP contribution in [0.4, 0.5) is 0 Å². The Hall–Kier alpha value is -3.42. The highest BCUT2D eigenvalue weighted by Crippen LogP contribution is 2.19. The van der Waals surface area contributed by atoms with E-state index in [0.29, 0.717) is 23.7 Å². The highest BCUT2D eigenvalue weighted by molar-refractivity contribution is 5.72. The van der Waals surface area contributed by atoms with E-state index in [-0.39, 0.29) is 23.7 Å². The summed E-state index contributed by atoms with van der Waals surface area (Å²) in [6, 6.07) is 11.5. The van der Waals surface area contributed by atoms with Gasteiger partial charge in [0.25, 0.3) is 5.56 Å². The maximum absolute atomic E-state index is 13.5. The summed E-state index contributed by atoms with van der Waals surface area (Å²) in [5, 5.41) is 4.55. The predicted octanol–water partition coefficient (Wildman–Crippen LogP) is 2.40. The molecule has 0 N–H and O–H groups in total. The van der Waals surface area contributed by atoms with Gasteiger partial charge in [-0.15, -0.1) is 0 Å². The average Bonchev–Trinajstić information content (AvgIpc) is 3.23. The molecule has 3 heterocycles. The molecule has 0 unspecified atom stereocenters. The van der Waals surface area contributed by atoms with Gasteiger partial charge in [0.05, 0.1) is 12.2 Å². The van der Waals surface area contributed by atoms with Gasteiger partial charge in [0.1, 0.15) is 0 Å². The summed E-state index contributed by atoms with van der Waals surface area (Å²) in [7, 11) is 1.66. The Kier molecular flexibility index (Phi) is 4.93. The molecule has 3 aromatic heterocycles. The number of nitrogens with zero attached hydrogens (tertiary/aromatic N) is 6. The largest absolute Gasteiger partial charge is 0.332 e. The van der Waals surface area contributed by atoms with Crippen molar-refractivity contribution in [3.05, 3.63) is 74.2 Å². The fraction of sp³-hybridized carbons (Fsp3) is 0.364. The van der Waals surface area contributed by atoms with Crippen LogP contribution in [0.15, 0.2) is 46.0 Å². The van der Waals surface area contributed by atoms with E-state index in [1.807, 2.05) is 54.8 Å². The van der Waals surface area contributed by atoms with Crippen molar-refractivity contribution in [2.45, 2.75) is 40.8 Å². The summed E-state index contributed by atoms with van der Waals surface area (Å²) in [6.07, 6.45) is 0. The minimum atomic E-state index is -0.384. The van der Waals surface area contributed by atoms with Crippen LogP contribution in [0.2, 0.25) is 0 Å². The molecule has 0 fully saturated rings. The Labute approximate surface area is 174 Å². The van der Waals surface area contributed by atoms with Crippen molar-refractivity contribution in [3.63, 3.8) is 0 Å². The average molecular weight is 406 g/mol. The maximum atomic E-state index is 13.5. The van der Waals surface area contributed by atoms with Gasteiger partial charge >= 0.3 is 5.69 Å². The van der Waals surface area contributed by atoms with Gasteiger partial charge < -0.3 is 4.57 Å². The number of hydrogen-bond acceptors (Lipinski definition) is 4. The van der Waals surface area contributed by atoms with E-state index in [9.17, 15) is 9.59 Å². The van der Waals surface area contributed by atoms with E-state index in [2.05, 4.69) is 18.9 Å². The monoisotopic (exact) mass is 406 g/mol. The molecule has 0 aliphatic carbocycles. The van der Waals surface area contributed by atoms with Crippen LogP contribution >= 0.6 is 0 Å². The minimum Gasteiger partial charge on any atom is -0.302 e. The van der Waals surface area contributed by atoms with Gasteiger partial charge in [0.15, 0.2) is 11.2 Å². The van der Waals surface area contributed by atoms with Crippen LogP contribution in [0.1, 0.15) is 30.8 Å². The van der Waals surface area contributed by atoms with Gasteiger partial charge in [0.2, 0.25) is 5.95 Å². The fourth-order valence-corrected chi connectivity index (χ4v) is 3.80. The van der Waals surface area contributed by atoms with E-state index in [4.69, 9.17) is 4.98 Å². The third kappa shape index (κ3) is 3.28. The van der Waals surface area contributed by atoms with Crippen molar-refractivity contribution < 1.29 is 0 Å².